The summed E-state index contributed by atoms with van der Waals surface area (Å²) in [6, 6.07) is 2.63. The molecule has 0 N–H and O–H groups in total. The Kier molecular flexibility index (Phi) is 3.12. The van der Waals surface area contributed by atoms with Gasteiger partial charge in [0.25, 0.3) is 5.91 Å². The lowest BCUT2D eigenvalue weighted by Gasteiger charge is -2.34. The van der Waals surface area contributed by atoms with Crippen LogP contribution in [0.15, 0.2) is 16.6 Å². The maximum Gasteiger partial charge on any atom is 0.268 e. The van der Waals surface area contributed by atoms with Crippen molar-refractivity contribution in [3.63, 3.8) is 0 Å². The lowest BCUT2D eigenvalue weighted by molar-refractivity contribution is -0.127. The van der Waals surface area contributed by atoms with Crippen LogP contribution in [-0.2, 0) is 4.79 Å². The van der Waals surface area contributed by atoms with Crippen LogP contribution >= 0.6 is 15.9 Å². The van der Waals surface area contributed by atoms with Gasteiger partial charge in [-0.25, -0.2) is 4.39 Å². The minimum absolute atomic E-state index is 0.0649. The zero-order valence-electron chi connectivity index (χ0n) is 9.83. The molecule has 1 unspecified atom stereocenters. The average molecular weight is 302 g/mol. The monoisotopic (exact) mass is 301 g/mol. The Morgan fingerprint density at radius 1 is 1.47 bits per heavy atom. The van der Waals surface area contributed by atoms with Crippen LogP contribution < -0.4 is 9.64 Å². The Bertz CT molecular complexity index is 476. The first-order valence-electron chi connectivity index (χ1n) is 5.35. The molecule has 5 heteroatoms. The number of rotatable bonds is 1. The number of anilines is 1. The molecule has 1 atom stereocenters. The van der Waals surface area contributed by atoms with Crippen LogP contribution in [0.4, 0.5) is 10.1 Å². The van der Waals surface area contributed by atoms with Crippen molar-refractivity contribution >= 4 is 27.5 Å². The molecule has 1 aliphatic rings. The fraction of sp³-hybridized carbons (Fsp3) is 0.417. The minimum Gasteiger partial charge on any atom is -0.477 e. The molecule has 1 aromatic carbocycles. The molecule has 0 bridgehead atoms. The van der Waals surface area contributed by atoms with Crippen molar-refractivity contribution in [1.29, 1.82) is 0 Å². The molecule has 1 amide bonds. The number of halogens is 2. The van der Waals surface area contributed by atoms with Crippen molar-refractivity contribution < 1.29 is 13.9 Å². The van der Waals surface area contributed by atoms with Gasteiger partial charge in [-0.05, 0) is 27.9 Å². The smallest absolute Gasteiger partial charge is 0.268 e. The second-order valence-corrected chi connectivity index (χ2v) is 5.27. The van der Waals surface area contributed by atoms with Gasteiger partial charge in [-0.15, -0.1) is 0 Å². The van der Waals surface area contributed by atoms with E-state index in [2.05, 4.69) is 15.9 Å². The third-order valence-electron chi connectivity index (χ3n) is 2.77. The Morgan fingerprint density at radius 3 is 2.71 bits per heavy atom. The molecule has 0 fully saturated rings. The maximum atomic E-state index is 13.3. The Labute approximate surface area is 108 Å². The zero-order valence-corrected chi connectivity index (χ0v) is 11.4. The van der Waals surface area contributed by atoms with Gasteiger partial charge in [-0.2, -0.15) is 0 Å². The van der Waals surface area contributed by atoms with Crippen molar-refractivity contribution in [2.45, 2.75) is 20.0 Å². The summed E-state index contributed by atoms with van der Waals surface area (Å²) in [5.74, 6) is 0.0362. The van der Waals surface area contributed by atoms with Gasteiger partial charge >= 0.3 is 0 Å². The van der Waals surface area contributed by atoms with Crippen molar-refractivity contribution in [3.05, 3.63) is 22.4 Å². The van der Waals surface area contributed by atoms with Crippen LogP contribution in [-0.4, -0.2) is 19.1 Å². The predicted octanol–water partition coefficient (Wildman–Crippen LogP) is 2.97. The van der Waals surface area contributed by atoms with E-state index >= 15 is 0 Å². The highest BCUT2D eigenvalue weighted by Gasteiger charge is 2.35. The van der Waals surface area contributed by atoms with E-state index in [0.717, 1.165) is 0 Å². The lowest BCUT2D eigenvalue weighted by Crippen LogP contribution is -2.46. The fourth-order valence-corrected chi connectivity index (χ4v) is 2.34. The summed E-state index contributed by atoms with van der Waals surface area (Å²) < 4.78 is 19.5. The zero-order chi connectivity index (χ0) is 12.7. The number of ether oxygens (including phenoxy) is 1. The van der Waals surface area contributed by atoms with Gasteiger partial charge in [0.05, 0.1) is 10.2 Å². The number of amides is 1. The number of nitrogens with zero attached hydrogens (tertiary/aromatic N) is 1. The first-order chi connectivity index (χ1) is 7.91. The van der Waals surface area contributed by atoms with Gasteiger partial charge in [0, 0.05) is 13.1 Å². The van der Waals surface area contributed by atoms with E-state index in [1.54, 1.807) is 7.05 Å². The number of benzene rings is 1. The topological polar surface area (TPSA) is 29.5 Å². The summed E-state index contributed by atoms with van der Waals surface area (Å²) in [7, 11) is 1.63. The SMILES string of the molecule is CC(C)C1Oc2c(Br)cc(F)cc2N(C)C1=O. The summed E-state index contributed by atoms with van der Waals surface area (Å²) in [6.07, 6.45) is -0.519. The third-order valence-corrected chi connectivity index (χ3v) is 3.36. The molecule has 1 heterocycles. The molecule has 3 nitrogen and oxygen atoms in total. The highest BCUT2D eigenvalue weighted by atomic mass is 79.9. The molecule has 1 aromatic rings. The van der Waals surface area contributed by atoms with Crippen LogP contribution in [0.5, 0.6) is 5.75 Å². The molecular formula is C12H13BrFNO2. The molecule has 0 aliphatic carbocycles. The van der Waals surface area contributed by atoms with Gasteiger partial charge in [-0.3, -0.25) is 4.79 Å². The highest BCUT2D eigenvalue weighted by molar-refractivity contribution is 9.10. The third kappa shape index (κ3) is 2.04. The highest BCUT2D eigenvalue weighted by Crippen LogP contribution is 2.41. The van der Waals surface area contributed by atoms with Crippen LogP contribution in [0.25, 0.3) is 0 Å². The second-order valence-electron chi connectivity index (χ2n) is 4.42. The van der Waals surface area contributed by atoms with Gasteiger partial charge in [0.2, 0.25) is 0 Å². The van der Waals surface area contributed by atoms with E-state index < -0.39 is 11.9 Å². The summed E-state index contributed by atoms with van der Waals surface area (Å²) in [6.45, 7) is 3.83. The standard InChI is InChI=1S/C12H13BrFNO2/c1-6(2)10-12(16)15(3)9-5-7(14)4-8(13)11(9)17-10/h4-6,10H,1-3H3. The molecule has 0 saturated heterocycles. The summed E-state index contributed by atoms with van der Waals surface area (Å²) in [5, 5.41) is 0. The van der Waals surface area contributed by atoms with Gasteiger partial charge in [-0.1, -0.05) is 13.8 Å². The molecule has 2 rings (SSSR count). The molecule has 92 valence electrons. The van der Waals surface area contributed by atoms with Crippen molar-refractivity contribution in [3.8, 4) is 5.75 Å². The number of fused-ring (bicyclic) bond motifs is 1. The Hall–Kier alpha value is -1.10. The number of carbonyl (C=O) groups is 1. The largest absolute Gasteiger partial charge is 0.477 e. The molecule has 1 aliphatic heterocycles. The molecule has 17 heavy (non-hydrogen) atoms. The molecular weight excluding hydrogens is 289 g/mol. The second kappa shape index (κ2) is 4.29. The quantitative estimate of drug-likeness (QED) is 0.798. The van der Waals surface area contributed by atoms with Crippen LogP contribution in [0.3, 0.4) is 0 Å². The average Bonchev–Trinajstić information content (AvgIpc) is 2.23. The van der Waals surface area contributed by atoms with Crippen molar-refractivity contribution in [1.82, 2.24) is 0 Å². The van der Waals surface area contributed by atoms with Crippen molar-refractivity contribution in [2.75, 3.05) is 11.9 Å². The number of likely N-dealkylation sites (N-methyl/N-ethyl adjacent to an activating group) is 1. The van der Waals surface area contributed by atoms with Crippen LogP contribution in [0.1, 0.15) is 13.8 Å². The normalized spacial score (nSPS) is 19.3. The number of hydrogen-bond donors (Lipinski definition) is 0. The first-order valence-corrected chi connectivity index (χ1v) is 6.14. The fourth-order valence-electron chi connectivity index (χ4n) is 1.82. The summed E-state index contributed by atoms with van der Waals surface area (Å²) in [5.41, 5.74) is 0.457. The number of hydrogen-bond acceptors (Lipinski definition) is 2. The van der Waals surface area contributed by atoms with E-state index in [1.807, 2.05) is 13.8 Å². The Morgan fingerprint density at radius 2 is 2.12 bits per heavy atom. The van der Waals surface area contributed by atoms with Gasteiger partial charge in [0.1, 0.15) is 5.82 Å². The van der Waals surface area contributed by atoms with Crippen molar-refractivity contribution in [2.24, 2.45) is 5.92 Å². The van der Waals surface area contributed by atoms with Gasteiger partial charge in [0.15, 0.2) is 11.9 Å². The van der Waals surface area contributed by atoms with E-state index in [4.69, 9.17) is 4.74 Å². The summed E-state index contributed by atoms with van der Waals surface area (Å²) in [4.78, 5) is 13.5. The minimum atomic E-state index is -0.519. The molecule has 0 spiro atoms. The molecule has 0 radical (unpaired) electrons. The number of carbonyl (C=O) groups excluding carboxylic acids is 1. The van der Waals surface area contributed by atoms with Crippen LogP contribution in [0.2, 0.25) is 0 Å². The van der Waals surface area contributed by atoms with E-state index in [9.17, 15) is 9.18 Å². The lowest BCUT2D eigenvalue weighted by atomic mass is 10.0. The Balaban J connectivity index is 2.53. The summed E-state index contributed by atoms with van der Waals surface area (Å²) >= 11 is 3.25. The molecule has 0 saturated carbocycles. The van der Waals surface area contributed by atoms with E-state index in [-0.39, 0.29) is 11.8 Å². The van der Waals surface area contributed by atoms with E-state index in [0.29, 0.717) is 15.9 Å². The van der Waals surface area contributed by atoms with Crippen LogP contribution in [0, 0.1) is 11.7 Å². The van der Waals surface area contributed by atoms with E-state index in [1.165, 1.54) is 17.0 Å². The predicted molar refractivity (Wildman–Crippen MR) is 66.8 cm³/mol. The first kappa shape index (κ1) is 12.4. The van der Waals surface area contributed by atoms with Gasteiger partial charge < -0.3 is 9.64 Å². The molecule has 0 aromatic heterocycles. The maximum absolute atomic E-state index is 13.3.